The predicted molar refractivity (Wildman–Crippen MR) is 72.1 cm³/mol. The van der Waals surface area contributed by atoms with Gasteiger partial charge in [0.2, 0.25) is 0 Å². The van der Waals surface area contributed by atoms with E-state index in [1.807, 2.05) is 12.4 Å². The van der Waals surface area contributed by atoms with Crippen LogP contribution in [-0.4, -0.2) is 29.3 Å². The standard InChI is InChI=1S/C13H21N3O/c1-4-8-16(9-5-2)10-14-12-7-6-11(3)13(17)15-12/h6-7,10H,4-5,8-9H2,1-3H3,(H,15,17)/b14-10+. The minimum absolute atomic E-state index is 0.0721. The summed E-state index contributed by atoms with van der Waals surface area (Å²) in [5.74, 6) is 0.609. The SMILES string of the molecule is CCCN(/C=N/c1ccc(C)c(=O)[nH]1)CCC. The Morgan fingerprint density at radius 2 is 1.94 bits per heavy atom. The van der Waals surface area contributed by atoms with E-state index >= 15 is 0 Å². The molecule has 0 atom stereocenters. The zero-order valence-corrected chi connectivity index (χ0v) is 10.9. The topological polar surface area (TPSA) is 48.5 Å². The number of aromatic amines is 1. The van der Waals surface area contributed by atoms with Gasteiger partial charge in [-0.1, -0.05) is 19.9 Å². The first-order valence-corrected chi connectivity index (χ1v) is 6.15. The van der Waals surface area contributed by atoms with E-state index in [1.54, 1.807) is 13.0 Å². The molecule has 0 spiro atoms. The van der Waals surface area contributed by atoms with Gasteiger partial charge in [-0.25, -0.2) is 4.99 Å². The van der Waals surface area contributed by atoms with E-state index in [0.29, 0.717) is 11.4 Å². The van der Waals surface area contributed by atoms with Crippen LogP contribution in [0.15, 0.2) is 21.9 Å². The van der Waals surface area contributed by atoms with Crippen molar-refractivity contribution in [3.8, 4) is 0 Å². The Kier molecular flexibility index (Phi) is 5.46. The fourth-order valence-corrected chi connectivity index (χ4v) is 1.56. The number of hydrogen-bond donors (Lipinski definition) is 1. The van der Waals surface area contributed by atoms with Crippen molar-refractivity contribution in [2.45, 2.75) is 33.6 Å². The summed E-state index contributed by atoms with van der Waals surface area (Å²) in [5.41, 5.74) is 0.639. The summed E-state index contributed by atoms with van der Waals surface area (Å²) in [5, 5.41) is 0. The average Bonchev–Trinajstić information content (AvgIpc) is 2.31. The van der Waals surface area contributed by atoms with E-state index < -0.39 is 0 Å². The van der Waals surface area contributed by atoms with Gasteiger partial charge in [0.25, 0.3) is 5.56 Å². The first-order chi connectivity index (χ1) is 8.17. The summed E-state index contributed by atoms with van der Waals surface area (Å²) in [6.07, 6.45) is 4.00. The van der Waals surface area contributed by atoms with Crippen LogP contribution in [0.25, 0.3) is 0 Å². The average molecular weight is 235 g/mol. The number of aryl methyl sites for hydroxylation is 1. The highest BCUT2D eigenvalue weighted by Crippen LogP contribution is 2.04. The maximum absolute atomic E-state index is 11.4. The molecule has 4 heteroatoms. The maximum Gasteiger partial charge on any atom is 0.252 e. The Morgan fingerprint density at radius 3 is 2.47 bits per heavy atom. The number of hydrogen-bond acceptors (Lipinski definition) is 2. The van der Waals surface area contributed by atoms with Crippen LogP contribution < -0.4 is 5.56 Å². The molecule has 0 aliphatic rings. The zero-order chi connectivity index (χ0) is 12.7. The van der Waals surface area contributed by atoms with E-state index in [9.17, 15) is 4.79 Å². The number of aliphatic imine (C=N–C) groups is 1. The molecular weight excluding hydrogens is 214 g/mol. The fraction of sp³-hybridized carbons (Fsp3) is 0.538. The molecule has 0 saturated carbocycles. The van der Waals surface area contributed by atoms with E-state index in [4.69, 9.17) is 0 Å². The van der Waals surface area contributed by atoms with Gasteiger partial charge in [0.15, 0.2) is 0 Å². The van der Waals surface area contributed by atoms with Gasteiger partial charge in [0.05, 0.1) is 6.34 Å². The minimum atomic E-state index is -0.0721. The summed E-state index contributed by atoms with van der Waals surface area (Å²) in [6.45, 7) is 8.06. The highest BCUT2D eigenvalue weighted by atomic mass is 16.1. The molecule has 1 rings (SSSR count). The largest absolute Gasteiger partial charge is 0.363 e. The summed E-state index contributed by atoms with van der Waals surface area (Å²) < 4.78 is 0. The summed E-state index contributed by atoms with van der Waals surface area (Å²) >= 11 is 0. The third kappa shape index (κ3) is 4.43. The van der Waals surface area contributed by atoms with Crippen molar-refractivity contribution < 1.29 is 0 Å². The second-order valence-electron chi connectivity index (χ2n) is 4.14. The lowest BCUT2D eigenvalue weighted by Gasteiger charge is -2.17. The van der Waals surface area contributed by atoms with Crippen LogP contribution in [0.5, 0.6) is 0 Å². The normalized spacial score (nSPS) is 11.0. The highest BCUT2D eigenvalue weighted by Gasteiger charge is 1.97. The Morgan fingerprint density at radius 1 is 1.29 bits per heavy atom. The van der Waals surface area contributed by atoms with Crippen molar-refractivity contribution in [1.82, 2.24) is 9.88 Å². The van der Waals surface area contributed by atoms with Crippen molar-refractivity contribution in [2.24, 2.45) is 4.99 Å². The number of H-pyrrole nitrogens is 1. The zero-order valence-electron chi connectivity index (χ0n) is 10.9. The van der Waals surface area contributed by atoms with Gasteiger partial charge in [-0.3, -0.25) is 4.79 Å². The molecule has 1 aromatic heterocycles. The Hall–Kier alpha value is -1.58. The second kappa shape index (κ2) is 6.89. The molecule has 0 saturated heterocycles. The van der Waals surface area contributed by atoms with Crippen molar-refractivity contribution in [1.29, 1.82) is 0 Å². The number of nitrogens with one attached hydrogen (secondary N) is 1. The van der Waals surface area contributed by atoms with Gasteiger partial charge >= 0.3 is 0 Å². The van der Waals surface area contributed by atoms with E-state index in [0.717, 1.165) is 25.9 Å². The molecular formula is C13H21N3O. The lowest BCUT2D eigenvalue weighted by Crippen LogP contribution is -2.23. The van der Waals surface area contributed by atoms with Gasteiger partial charge < -0.3 is 9.88 Å². The Bertz CT molecular complexity index is 417. The van der Waals surface area contributed by atoms with Crippen LogP contribution in [0.3, 0.4) is 0 Å². The maximum atomic E-state index is 11.4. The number of rotatable bonds is 6. The minimum Gasteiger partial charge on any atom is -0.363 e. The van der Waals surface area contributed by atoms with Crippen molar-refractivity contribution in [2.75, 3.05) is 13.1 Å². The summed E-state index contributed by atoms with van der Waals surface area (Å²) in [4.78, 5) is 20.6. The summed E-state index contributed by atoms with van der Waals surface area (Å²) in [6, 6.07) is 3.61. The molecule has 94 valence electrons. The van der Waals surface area contributed by atoms with Gasteiger partial charge in [0, 0.05) is 18.7 Å². The molecule has 0 bridgehead atoms. The number of nitrogens with zero attached hydrogens (tertiary/aromatic N) is 2. The molecule has 0 aliphatic heterocycles. The van der Waals surface area contributed by atoms with Crippen molar-refractivity contribution in [3.63, 3.8) is 0 Å². The van der Waals surface area contributed by atoms with Crippen LogP contribution >= 0.6 is 0 Å². The molecule has 0 radical (unpaired) electrons. The smallest absolute Gasteiger partial charge is 0.252 e. The lowest BCUT2D eigenvalue weighted by atomic mass is 10.3. The van der Waals surface area contributed by atoms with E-state index in [-0.39, 0.29) is 5.56 Å². The molecule has 1 heterocycles. The number of aromatic nitrogens is 1. The quantitative estimate of drug-likeness (QED) is 0.608. The molecule has 0 amide bonds. The van der Waals surface area contributed by atoms with Crippen LogP contribution in [0.1, 0.15) is 32.3 Å². The van der Waals surface area contributed by atoms with Crippen LogP contribution in [0.4, 0.5) is 5.82 Å². The van der Waals surface area contributed by atoms with E-state index in [1.165, 1.54) is 0 Å². The van der Waals surface area contributed by atoms with Crippen LogP contribution in [0, 0.1) is 6.92 Å². The predicted octanol–water partition coefficient (Wildman–Crippen LogP) is 2.47. The molecule has 0 aliphatic carbocycles. The molecule has 0 fully saturated rings. The van der Waals surface area contributed by atoms with Gasteiger partial charge in [0.1, 0.15) is 5.82 Å². The monoisotopic (exact) mass is 235 g/mol. The molecule has 17 heavy (non-hydrogen) atoms. The van der Waals surface area contributed by atoms with Gasteiger partial charge in [-0.2, -0.15) is 0 Å². The van der Waals surface area contributed by atoms with Gasteiger partial charge in [-0.15, -0.1) is 0 Å². The van der Waals surface area contributed by atoms with Crippen molar-refractivity contribution >= 4 is 12.2 Å². The van der Waals surface area contributed by atoms with E-state index in [2.05, 4.69) is 28.7 Å². The highest BCUT2D eigenvalue weighted by molar-refractivity contribution is 5.59. The van der Waals surface area contributed by atoms with Gasteiger partial charge in [-0.05, 0) is 25.8 Å². The molecule has 0 unspecified atom stereocenters. The molecule has 1 N–H and O–H groups in total. The summed E-state index contributed by atoms with van der Waals surface area (Å²) in [7, 11) is 0. The van der Waals surface area contributed by atoms with Crippen LogP contribution in [0.2, 0.25) is 0 Å². The third-order valence-electron chi connectivity index (χ3n) is 2.47. The second-order valence-corrected chi connectivity index (χ2v) is 4.14. The fourth-order valence-electron chi connectivity index (χ4n) is 1.56. The van der Waals surface area contributed by atoms with Crippen LogP contribution in [-0.2, 0) is 0 Å². The first-order valence-electron chi connectivity index (χ1n) is 6.15. The molecule has 0 aromatic carbocycles. The Labute approximate surface area is 102 Å². The lowest BCUT2D eigenvalue weighted by molar-refractivity contribution is 0.428. The Balaban J connectivity index is 2.73. The molecule has 4 nitrogen and oxygen atoms in total. The third-order valence-corrected chi connectivity index (χ3v) is 2.47. The molecule has 1 aromatic rings. The first kappa shape index (κ1) is 13.5. The van der Waals surface area contributed by atoms with Crippen molar-refractivity contribution in [3.05, 3.63) is 28.0 Å². The number of pyridine rings is 1.